The number of benzene rings is 2. The van der Waals surface area contributed by atoms with Crippen LogP contribution in [-0.4, -0.2) is 22.9 Å². The Morgan fingerprint density at radius 3 is 2.52 bits per heavy atom. The van der Waals surface area contributed by atoms with Crippen molar-refractivity contribution < 1.29 is 19.2 Å². The van der Waals surface area contributed by atoms with E-state index in [0.717, 1.165) is 28.2 Å². The number of carbonyl (C=O) groups excluding carboxylic acids is 1. The molecule has 4 aromatic rings. The molecule has 2 heterocycles. The van der Waals surface area contributed by atoms with Crippen LogP contribution in [-0.2, 0) is 0 Å². The van der Waals surface area contributed by atoms with Crippen LogP contribution in [0.15, 0.2) is 66.7 Å². The molecule has 0 radical (unpaired) electrons. The van der Waals surface area contributed by atoms with Crippen LogP contribution in [0.2, 0.25) is 0 Å². The Morgan fingerprint density at radius 2 is 1.81 bits per heavy atom. The predicted molar refractivity (Wildman–Crippen MR) is 120 cm³/mol. The van der Waals surface area contributed by atoms with Crippen molar-refractivity contribution in [2.75, 3.05) is 12.4 Å². The number of aromatic nitrogens is 1. The van der Waals surface area contributed by atoms with Crippen molar-refractivity contribution in [3.63, 3.8) is 0 Å². The molecule has 2 aromatic heterocycles. The highest BCUT2D eigenvalue weighted by molar-refractivity contribution is 7.19. The zero-order chi connectivity index (χ0) is 21.8. The first-order chi connectivity index (χ1) is 15.0. The van der Waals surface area contributed by atoms with E-state index in [0.29, 0.717) is 27.4 Å². The molecule has 0 aliphatic carbocycles. The van der Waals surface area contributed by atoms with Gasteiger partial charge in [-0.25, -0.2) is 4.98 Å². The summed E-state index contributed by atoms with van der Waals surface area (Å²) in [4.78, 5) is 27.6. The number of nitrogens with zero attached hydrogens (tertiary/aromatic N) is 2. The van der Waals surface area contributed by atoms with Crippen LogP contribution in [0.4, 0.5) is 10.1 Å². The van der Waals surface area contributed by atoms with Crippen molar-refractivity contribution >= 4 is 38.7 Å². The number of methoxy groups -OCH3 is 1. The normalized spacial score (nSPS) is 10.5. The van der Waals surface area contributed by atoms with Gasteiger partial charge < -0.3 is 9.47 Å². The Labute approximate surface area is 184 Å². The lowest BCUT2D eigenvalue weighted by Gasteiger charge is -2.06. The van der Waals surface area contributed by atoms with Crippen LogP contribution in [0.1, 0.15) is 9.67 Å². The zero-order valence-corrected chi connectivity index (χ0v) is 17.7. The number of carbonyl (C=O) groups is 1. The molecule has 31 heavy (non-hydrogen) atoms. The maximum Gasteiger partial charge on any atom is 0.324 e. The molecule has 10 heteroatoms. The van der Waals surface area contributed by atoms with E-state index in [1.54, 1.807) is 7.11 Å². The van der Waals surface area contributed by atoms with Gasteiger partial charge in [0.15, 0.2) is 5.13 Å². The molecular weight excluding hydrogens is 438 g/mol. The molecule has 0 atom stereocenters. The fourth-order valence-electron chi connectivity index (χ4n) is 2.68. The number of rotatable bonds is 7. The van der Waals surface area contributed by atoms with Crippen molar-refractivity contribution in [2.24, 2.45) is 0 Å². The van der Waals surface area contributed by atoms with Crippen molar-refractivity contribution in [1.29, 1.82) is 0 Å². The minimum absolute atomic E-state index is 0.102. The van der Waals surface area contributed by atoms with Gasteiger partial charge in [-0.2, -0.15) is 0 Å². The van der Waals surface area contributed by atoms with Gasteiger partial charge >= 0.3 is 5.00 Å². The molecule has 0 aliphatic heterocycles. The molecule has 0 aliphatic rings. The van der Waals surface area contributed by atoms with Crippen LogP contribution in [0.3, 0.4) is 0 Å². The summed E-state index contributed by atoms with van der Waals surface area (Å²) in [6.45, 7) is 0. The third kappa shape index (κ3) is 4.71. The topological polar surface area (TPSA) is 104 Å². The summed E-state index contributed by atoms with van der Waals surface area (Å²) in [5, 5.41) is 14.3. The number of ether oxygens (including phenoxy) is 2. The number of para-hydroxylation sites is 1. The molecule has 8 nitrogen and oxygen atoms in total. The van der Waals surface area contributed by atoms with E-state index in [-0.39, 0.29) is 9.88 Å². The minimum Gasteiger partial charge on any atom is -0.497 e. The Morgan fingerprint density at radius 1 is 1.03 bits per heavy atom. The molecule has 0 saturated carbocycles. The van der Waals surface area contributed by atoms with E-state index in [1.165, 1.54) is 12.1 Å². The Balaban J connectivity index is 1.66. The molecule has 0 bridgehead atoms. The summed E-state index contributed by atoms with van der Waals surface area (Å²) in [5.41, 5.74) is 1.30. The van der Waals surface area contributed by atoms with E-state index < -0.39 is 10.8 Å². The van der Waals surface area contributed by atoms with Crippen molar-refractivity contribution in [3.05, 3.63) is 81.7 Å². The number of hydrogen-bond donors (Lipinski definition) is 1. The lowest BCUT2D eigenvalue weighted by atomic mass is 10.1. The number of anilines is 1. The third-order valence-electron chi connectivity index (χ3n) is 4.11. The fraction of sp³-hybridized carbons (Fsp3) is 0.0476. The zero-order valence-electron chi connectivity index (χ0n) is 16.1. The fourth-order valence-corrected chi connectivity index (χ4v) is 4.25. The molecule has 2 aromatic carbocycles. The SMILES string of the molecule is COc1cccc(-c2nc(NC(=O)c3ccc([N+](=O)[O-])s3)sc2Oc2ccccc2)c1. The standard InChI is InChI=1S/C21H15N3O5S2/c1-28-15-9-5-6-13(12-15)18-20(29-14-7-3-2-4-8-14)31-21(22-18)23-19(25)16-10-11-17(30-16)24(26)27/h2-12H,1H3,(H,22,23,25). The van der Waals surface area contributed by atoms with Gasteiger partial charge in [-0.3, -0.25) is 20.2 Å². The van der Waals surface area contributed by atoms with Crippen LogP contribution in [0.5, 0.6) is 16.6 Å². The van der Waals surface area contributed by atoms with Gasteiger partial charge in [0.1, 0.15) is 17.2 Å². The Kier molecular flexibility index (Phi) is 5.92. The summed E-state index contributed by atoms with van der Waals surface area (Å²) in [5.74, 6) is 0.810. The van der Waals surface area contributed by atoms with Crippen molar-refractivity contribution in [1.82, 2.24) is 4.98 Å². The smallest absolute Gasteiger partial charge is 0.324 e. The monoisotopic (exact) mass is 453 g/mol. The second-order valence-electron chi connectivity index (χ2n) is 6.15. The Hall–Kier alpha value is -3.76. The number of amides is 1. The van der Waals surface area contributed by atoms with Gasteiger partial charge in [-0.1, -0.05) is 53.0 Å². The number of nitrogens with one attached hydrogen (secondary N) is 1. The van der Waals surface area contributed by atoms with Crippen LogP contribution in [0, 0.1) is 10.1 Å². The highest BCUT2D eigenvalue weighted by Crippen LogP contribution is 2.41. The van der Waals surface area contributed by atoms with Crippen molar-refractivity contribution in [3.8, 4) is 27.8 Å². The second-order valence-corrected chi connectivity index (χ2v) is 8.18. The summed E-state index contributed by atoms with van der Waals surface area (Å²) < 4.78 is 11.3. The quantitative estimate of drug-likeness (QED) is 0.279. The van der Waals surface area contributed by atoms with Gasteiger partial charge in [-0.15, -0.1) is 0 Å². The maximum absolute atomic E-state index is 12.5. The molecule has 0 saturated heterocycles. The van der Waals surface area contributed by atoms with Gasteiger partial charge in [0.05, 0.1) is 16.9 Å². The first-order valence-electron chi connectivity index (χ1n) is 8.97. The first kappa shape index (κ1) is 20.5. The van der Waals surface area contributed by atoms with Gasteiger partial charge in [-0.05, 0) is 30.3 Å². The maximum atomic E-state index is 12.5. The van der Waals surface area contributed by atoms with E-state index >= 15 is 0 Å². The second kappa shape index (κ2) is 8.94. The summed E-state index contributed by atoms with van der Waals surface area (Å²) in [6, 6.07) is 19.3. The average molecular weight is 454 g/mol. The van der Waals surface area contributed by atoms with Crippen LogP contribution in [0.25, 0.3) is 11.3 Å². The lowest BCUT2D eigenvalue weighted by molar-refractivity contribution is -0.380. The molecule has 4 rings (SSSR count). The third-order valence-corrected chi connectivity index (χ3v) is 5.99. The number of thiophene rings is 1. The van der Waals surface area contributed by atoms with E-state index in [2.05, 4.69) is 10.3 Å². The number of thiazole rings is 1. The first-order valence-corrected chi connectivity index (χ1v) is 10.6. The molecule has 0 unspecified atom stereocenters. The summed E-state index contributed by atoms with van der Waals surface area (Å²) in [7, 11) is 1.58. The molecule has 156 valence electrons. The van der Waals surface area contributed by atoms with E-state index in [9.17, 15) is 14.9 Å². The van der Waals surface area contributed by atoms with E-state index in [1.807, 2.05) is 54.6 Å². The van der Waals surface area contributed by atoms with Crippen LogP contribution >= 0.6 is 22.7 Å². The number of nitro groups is 1. The molecule has 1 amide bonds. The number of hydrogen-bond acceptors (Lipinski definition) is 8. The van der Waals surface area contributed by atoms with Crippen LogP contribution < -0.4 is 14.8 Å². The molecule has 1 N–H and O–H groups in total. The molecule has 0 spiro atoms. The highest BCUT2D eigenvalue weighted by atomic mass is 32.1. The molecular formula is C21H15N3O5S2. The minimum atomic E-state index is -0.530. The summed E-state index contributed by atoms with van der Waals surface area (Å²) >= 11 is 1.96. The van der Waals surface area contributed by atoms with Gasteiger partial charge in [0, 0.05) is 11.6 Å². The highest BCUT2D eigenvalue weighted by Gasteiger charge is 2.20. The average Bonchev–Trinajstić information content (AvgIpc) is 3.42. The molecule has 0 fully saturated rings. The summed E-state index contributed by atoms with van der Waals surface area (Å²) in [6.07, 6.45) is 0. The lowest BCUT2D eigenvalue weighted by Crippen LogP contribution is -2.09. The van der Waals surface area contributed by atoms with E-state index in [4.69, 9.17) is 9.47 Å². The Bertz CT molecular complexity index is 1240. The van der Waals surface area contributed by atoms with Gasteiger partial charge in [0.2, 0.25) is 5.06 Å². The predicted octanol–water partition coefficient (Wildman–Crippen LogP) is 5.83. The van der Waals surface area contributed by atoms with Crippen molar-refractivity contribution in [2.45, 2.75) is 0 Å². The van der Waals surface area contributed by atoms with Gasteiger partial charge in [0.25, 0.3) is 5.91 Å². The largest absolute Gasteiger partial charge is 0.497 e.